The van der Waals surface area contributed by atoms with Crippen LogP contribution in [0.15, 0.2) is 84.9 Å². The van der Waals surface area contributed by atoms with Crippen LogP contribution in [0.3, 0.4) is 0 Å². The lowest BCUT2D eigenvalue weighted by molar-refractivity contribution is -0.119. The molecule has 3 heteroatoms. The van der Waals surface area contributed by atoms with Gasteiger partial charge in [-0.3, -0.25) is 9.78 Å². The van der Waals surface area contributed by atoms with Gasteiger partial charge in [-0.15, -0.1) is 0 Å². The molecule has 1 N–H and O–H groups in total. The van der Waals surface area contributed by atoms with E-state index in [0.29, 0.717) is 0 Å². The van der Waals surface area contributed by atoms with Gasteiger partial charge < -0.3 is 5.32 Å². The van der Waals surface area contributed by atoms with E-state index in [1.165, 1.54) is 16.7 Å². The van der Waals surface area contributed by atoms with E-state index < -0.39 is 0 Å². The van der Waals surface area contributed by atoms with Gasteiger partial charge in [0, 0.05) is 23.9 Å². The molecule has 0 radical (unpaired) electrons. The smallest absolute Gasteiger partial charge is 0.217 e. The largest absolute Gasteiger partial charge is 0.349 e. The Morgan fingerprint density at radius 2 is 1.38 bits per heavy atom. The highest BCUT2D eigenvalue weighted by atomic mass is 16.1. The van der Waals surface area contributed by atoms with E-state index in [-0.39, 0.29) is 28.7 Å². The lowest BCUT2D eigenvalue weighted by Gasteiger charge is -2.32. The van der Waals surface area contributed by atoms with Crippen molar-refractivity contribution in [2.45, 2.75) is 77.7 Å². The Balaban J connectivity index is 1.93. The van der Waals surface area contributed by atoms with Crippen molar-refractivity contribution in [1.29, 1.82) is 0 Å². The highest BCUT2D eigenvalue weighted by Gasteiger charge is 2.30. The van der Waals surface area contributed by atoms with Crippen LogP contribution in [-0.2, 0) is 22.0 Å². The number of pyridine rings is 1. The summed E-state index contributed by atoms with van der Waals surface area (Å²) in [6, 6.07) is 29.7. The summed E-state index contributed by atoms with van der Waals surface area (Å²) < 4.78 is 0. The highest BCUT2D eigenvalue weighted by Crippen LogP contribution is 2.38. The van der Waals surface area contributed by atoms with Crippen molar-refractivity contribution in [3.8, 4) is 0 Å². The molecule has 4 aromatic rings. The van der Waals surface area contributed by atoms with Crippen LogP contribution in [0.1, 0.15) is 88.4 Å². The topological polar surface area (TPSA) is 42.0 Å². The van der Waals surface area contributed by atoms with Crippen molar-refractivity contribution in [2.24, 2.45) is 0 Å². The fourth-order valence-electron chi connectivity index (χ4n) is 4.88. The van der Waals surface area contributed by atoms with Crippen LogP contribution in [0.4, 0.5) is 0 Å². The second kappa shape index (κ2) is 10.5. The minimum Gasteiger partial charge on any atom is -0.349 e. The molecule has 4 rings (SSSR count). The maximum atomic E-state index is 12.7. The Kier molecular flexibility index (Phi) is 7.54. The molecule has 0 saturated heterocycles. The van der Waals surface area contributed by atoms with Gasteiger partial charge in [-0.05, 0) is 51.6 Å². The molecule has 1 heterocycles. The predicted octanol–water partition coefficient (Wildman–Crippen LogP) is 8.03. The molecule has 3 aromatic carbocycles. The van der Waals surface area contributed by atoms with E-state index in [0.717, 1.165) is 28.6 Å². The molecule has 0 bridgehead atoms. The molecular formula is C34H40N2O. The van der Waals surface area contributed by atoms with Crippen LogP contribution in [-0.4, -0.2) is 10.9 Å². The SMILES string of the molecule is CC(=O)N[C@H](c1cc(C(C)(C)C)cc(C(C)(C)C)c1)[C@H](Cc1ccccc1)c1ccc2ccccc2n1. The van der Waals surface area contributed by atoms with Gasteiger partial charge in [-0.2, -0.15) is 0 Å². The summed E-state index contributed by atoms with van der Waals surface area (Å²) in [6.07, 6.45) is 0.766. The van der Waals surface area contributed by atoms with Gasteiger partial charge in [0.15, 0.2) is 0 Å². The van der Waals surface area contributed by atoms with Crippen molar-refractivity contribution < 1.29 is 4.79 Å². The third kappa shape index (κ3) is 6.46. The molecule has 0 fully saturated rings. The predicted molar refractivity (Wildman–Crippen MR) is 155 cm³/mol. The monoisotopic (exact) mass is 492 g/mol. The number of benzene rings is 3. The molecule has 1 amide bonds. The number of hydrogen-bond donors (Lipinski definition) is 1. The summed E-state index contributed by atoms with van der Waals surface area (Å²) in [4.78, 5) is 17.8. The van der Waals surface area contributed by atoms with Crippen molar-refractivity contribution in [3.63, 3.8) is 0 Å². The van der Waals surface area contributed by atoms with Crippen molar-refractivity contribution in [2.75, 3.05) is 0 Å². The van der Waals surface area contributed by atoms with E-state index in [4.69, 9.17) is 4.98 Å². The van der Waals surface area contributed by atoms with Gasteiger partial charge in [-0.25, -0.2) is 0 Å². The van der Waals surface area contributed by atoms with Crippen LogP contribution in [0.25, 0.3) is 10.9 Å². The number of para-hydroxylation sites is 1. The third-order valence-electron chi connectivity index (χ3n) is 7.11. The highest BCUT2D eigenvalue weighted by molar-refractivity contribution is 5.78. The maximum Gasteiger partial charge on any atom is 0.217 e. The van der Waals surface area contributed by atoms with Gasteiger partial charge in [0.2, 0.25) is 5.91 Å². The van der Waals surface area contributed by atoms with E-state index in [9.17, 15) is 4.79 Å². The number of hydrogen-bond acceptors (Lipinski definition) is 2. The summed E-state index contributed by atoms with van der Waals surface area (Å²) in [5.41, 5.74) is 6.81. The molecule has 192 valence electrons. The number of nitrogens with one attached hydrogen (secondary N) is 1. The molecule has 0 aliphatic heterocycles. The Hall–Kier alpha value is -3.46. The number of nitrogens with zero attached hydrogens (tertiary/aromatic N) is 1. The summed E-state index contributed by atoms with van der Waals surface area (Å²) in [5, 5.41) is 4.46. The Bertz CT molecular complexity index is 1340. The zero-order valence-electron chi connectivity index (χ0n) is 23.3. The average molecular weight is 493 g/mol. The zero-order chi connectivity index (χ0) is 26.8. The fourth-order valence-corrected chi connectivity index (χ4v) is 4.88. The average Bonchev–Trinajstić information content (AvgIpc) is 2.85. The molecule has 1 aromatic heterocycles. The summed E-state index contributed by atoms with van der Waals surface area (Å²) in [6.45, 7) is 15.1. The van der Waals surface area contributed by atoms with Crippen molar-refractivity contribution in [3.05, 3.63) is 113 Å². The lowest BCUT2D eigenvalue weighted by atomic mass is 9.76. The summed E-state index contributed by atoms with van der Waals surface area (Å²) in [5.74, 6) is -0.0822. The van der Waals surface area contributed by atoms with Crippen molar-refractivity contribution >= 4 is 16.8 Å². The first-order chi connectivity index (χ1) is 17.4. The summed E-state index contributed by atoms with van der Waals surface area (Å²) in [7, 11) is 0. The lowest BCUT2D eigenvalue weighted by Crippen LogP contribution is -2.33. The van der Waals surface area contributed by atoms with Gasteiger partial charge in [0.25, 0.3) is 0 Å². The Morgan fingerprint density at radius 3 is 1.97 bits per heavy atom. The van der Waals surface area contributed by atoms with Crippen LogP contribution < -0.4 is 5.32 Å². The number of rotatable bonds is 6. The van der Waals surface area contributed by atoms with Gasteiger partial charge >= 0.3 is 0 Å². The maximum absolute atomic E-state index is 12.7. The minimum atomic E-state index is -0.227. The van der Waals surface area contributed by atoms with Gasteiger partial charge in [0.1, 0.15) is 0 Å². The molecule has 0 unspecified atom stereocenters. The van der Waals surface area contributed by atoms with E-state index in [2.05, 4.69) is 114 Å². The first-order valence-electron chi connectivity index (χ1n) is 13.2. The number of fused-ring (bicyclic) bond motifs is 1. The van der Waals surface area contributed by atoms with Crippen LogP contribution in [0.2, 0.25) is 0 Å². The first-order valence-corrected chi connectivity index (χ1v) is 13.2. The first kappa shape index (κ1) is 26.6. The van der Waals surface area contributed by atoms with Crippen LogP contribution in [0.5, 0.6) is 0 Å². The Morgan fingerprint density at radius 1 is 0.784 bits per heavy atom. The van der Waals surface area contributed by atoms with Crippen LogP contribution in [0, 0.1) is 0 Å². The number of amides is 1. The van der Waals surface area contributed by atoms with E-state index in [1.807, 2.05) is 18.2 Å². The standard InChI is InChI=1S/C34H40N2O/c1-23(37)35-32(26-20-27(33(2,3)4)22-28(21-26)34(5,6)7)29(19-24-13-9-8-10-14-24)31-18-17-25-15-11-12-16-30(25)36-31/h8-18,20-22,29,32H,19H2,1-7H3,(H,35,37)/t29-,32-/m1/s1. The normalized spacial score (nSPS) is 13.8. The quantitative estimate of drug-likeness (QED) is 0.296. The number of carbonyl (C=O) groups excluding carboxylic acids is 1. The number of carbonyl (C=O) groups is 1. The van der Waals surface area contributed by atoms with Crippen LogP contribution >= 0.6 is 0 Å². The third-order valence-corrected chi connectivity index (χ3v) is 7.11. The number of aromatic nitrogens is 1. The van der Waals surface area contributed by atoms with E-state index in [1.54, 1.807) is 6.92 Å². The second-order valence-corrected chi connectivity index (χ2v) is 12.2. The van der Waals surface area contributed by atoms with Gasteiger partial charge in [0.05, 0.1) is 11.6 Å². The molecule has 0 spiro atoms. The molecule has 0 aliphatic carbocycles. The molecule has 3 nitrogen and oxygen atoms in total. The molecular weight excluding hydrogens is 452 g/mol. The second-order valence-electron chi connectivity index (χ2n) is 12.2. The molecule has 0 aliphatic rings. The molecule has 37 heavy (non-hydrogen) atoms. The molecule has 2 atom stereocenters. The molecule has 0 saturated carbocycles. The fraction of sp³-hybridized carbons (Fsp3) is 0.353. The summed E-state index contributed by atoms with van der Waals surface area (Å²) >= 11 is 0. The zero-order valence-corrected chi connectivity index (χ0v) is 23.3. The van der Waals surface area contributed by atoms with Crippen molar-refractivity contribution in [1.82, 2.24) is 10.3 Å². The van der Waals surface area contributed by atoms with Gasteiger partial charge in [-0.1, -0.05) is 114 Å². The minimum absolute atomic E-state index is 0.0209. The Labute approximate surface area is 222 Å². The van der Waals surface area contributed by atoms with E-state index >= 15 is 0 Å².